The van der Waals surface area contributed by atoms with E-state index in [9.17, 15) is 4.79 Å². The van der Waals surface area contributed by atoms with Crippen molar-refractivity contribution in [3.63, 3.8) is 0 Å². The van der Waals surface area contributed by atoms with Gasteiger partial charge in [0.1, 0.15) is 12.0 Å². The molecule has 3 N–H and O–H groups in total. The summed E-state index contributed by atoms with van der Waals surface area (Å²) < 4.78 is 5.10. The van der Waals surface area contributed by atoms with E-state index in [4.69, 9.17) is 10.2 Å². The Labute approximate surface area is 115 Å². The van der Waals surface area contributed by atoms with Gasteiger partial charge in [-0.25, -0.2) is 0 Å². The Balaban J connectivity index is 1.92. The molecule has 0 unspecified atom stereocenters. The van der Waals surface area contributed by atoms with Crippen LogP contribution in [0.5, 0.6) is 0 Å². The average Bonchev–Trinajstić information content (AvgIpc) is 3.02. The van der Waals surface area contributed by atoms with Gasteiger partial charge in [-0.3, -0.25) is 4.79 Å². The minimum Gasteiger partial charge on any atom is -0.469 e. The molecule has 0 atom stereocenters. The van der Waals surface area contributed by atoms with Crippen molar-refractivity contribution in [2.24, 2.45) is 5.73 Å². The van der Waals surface area contributed by atoms with Gasteiger partial charge in [0.15, 0.2) is 0 Å². The SMILES string of the molecule is Cc1cc(C(=O)NCc2cc(C#CCN)cs2)co1. The van der Waals surface area contributed by atoms with Gasteiger partial charge in [0, 0.05) is 15.8 Å². The third kappa shape index (κ3) is 3.71. The van der Waals surface area contributed by atoms with Crippen LogP contribution in [0.1, 0.15) is 26.6 Å². The minimum absolute atomic E-state index is 0.139. The van der Waals surface area contributed by atoms with Crippen molar-refractivity contribution in [1.82, 2.24) is 5.32 Å². The van der Waals surface area contributed by atoms with Crippen molar-refractivity contribution in [2.45, 2.75) is 13.5 Å². The molecule has 2 heterocycles. The summed E-state index contributed by atoms with van der Waals surface area (Å²) in [4.78, 5) is 12.9. The van der Waals surface area contributed by atoms with E-state index >= 15 is 0 Å². The Hall–Kier alpha value is -2.03. The van der Waals surface area contributed by atoms with Gasteiger partial charge in [-0.2, -0.15) is 0 Å². The molecule has 0 saturated carbocycles. The molecule has 0 bridgehead atoms. The Morgan fingerprint density at radius 1 is 1.53 bits per heavy atom. The summed E-state index contributed by atoms with van der Waals surface area (Å²) in [6.07, 6.45) is 1.46. The number of carbonyl (C=O) groups excluding carboxylic acids is 1. The molecule has 0 aromatic carbocycles. The van der Waals surface area contributed by atoms with Crippen LogP contribution in [-0.4, -0.2) is 12.5 Å². The van der Waals surface area contributed by atoms with Crippen LogP contribution in [0.25, 0.3) is 0 Å². The Bertz CT molecular complexity index is 631. The Kier molecular flexibility index (Phi) is 4.39. The molecule has 0 fully saturated rings. The number of hydrogen-bond donors (Lipinski definition) is 2. The van der Waals surface area contributed by atoms with Crippen molar-refractivity contribution in [3.8, 4) is 11.8 Å². The largest absolute Gasteiger partial charge is 0.469 e. The van der Waals surface area contributed by atoms with Crippen LogP contribution in [0.3, 0.4) is 0 Å². The standard InChI is InChI=1S/C14H14N2O2S/c1-10-5-12(8-18-10)14(17)16-7-13-6-11(9-19-13)3-2-4-15/h5-6,8-9H,4,7,15H2,1H3,(H,16,17). The van der Waals surface area contributed by atoms with Gasteiger partial charge >= 0.3 is 0 Å². The molecule has 2 aromatic heterocycles. The van der Waals surface area contributed by atoms with E-state index in [-0.39, 0.29) is 5.91 Å². The van der Waals surface area contributed by atoms with E-state index in [0.717, 1.165) is 16.2 Å². The van der Waals surface area contributed by atoms with Crippen molar-refractivity contribution in [3.05, 3.63) is 45.5 Å². The van der Waals surface area contributed by atoms with E-state index < -0.39 is 0 Å². The van der Waals surface area contributed by atoms with Crippen LogP contribution < -0.4 is 11.1 Å². The summed E-state index contributed by atoms with van der Waals surface area (Å²) >= 11 is 1.56. The number of amides is 1. The van der Waals surface area contributed by atoms with Crippen molar-refractivity contribution >= 4 is 17.2 Å². The first-order chi connectivity index (χ1) is 9.19. The van der Waals surface area contributed by atoms with Crippen LogP contribution in [-0.2, 0) is 6.54 Å². The summed E-state index contributed by atoms with van der Waals surface area (Å²) in [5, 5.41) is 4.79. The third-order valence-corrected chi connectivity index (χ3v) is 3.34. The van der Waals surface area contributed by atoms with Gasteiger partial charge in [-0.1, -0.05) is 11.8 Å². The molecule has 0 spiro atoms. The molecule has 4 nitrogen and oxygen atoms in total. The lowest BCUT2D eigenvalue weighted by atomic mass is 10.3. The second kappa shape index (κ2) is 6.23. The maximum atomic E-state index is 11.8. The molecule has 5 heteroatoms. The second-order valence-electron chi connectivity index (χ2n) is 3.94. The number of carbonyl (C=O) groups is 1. The van der Waals surface area contributed by atoms with E-state index in [2.05, 4.69) is 17.2 Å². The van der Waals surface area contributed by atoms with Gasteiger partial charge in [0.2, 0.25) is 0 Å². The second-order valence-corrected chi connectivity index (χ2v) is 4.93. The first-order valence-electron chi connectivity index (χ1n) is 5.78. The number of furan rings is 1. The number of nitrogens with one attached hydrogen (secondary N) is 1. The summed E-state index contributed by atoms with van der Waals surface area (Å²) in [6, 6.07) is 3.66. The fraction of sp³-hybridized carbons (Fsp3) is 0.214. The molecule has 0 aliphatic rings. The van der Waals surface area contributed by atoms with Crippen molar-refractivity contribution < 1.29 is 9.21 Å². The fourth-order valence-electron chi connectivity index (χ4n) is 1.52. The molecule has 2 aromatic rings. The van der Waals surface area contributed by atoms with Gasteiger partial charge < -0.3 is 15.5 Å². The van der Waals surface area contributed by atoms with Crippen LogP contribution in [0.2, 0.25) is 0 Å². The molecular formula is C14H14N2O2S. The van der Waals surface area contributed by atoms with E-state index in [1.54, 1.807) is 24.3 Å². The smallest absolute Gasteiger partial charge is 0.254 e. The van der Waals surface area contributed by atoms with Crippen LogP contribution in [0, 0.1) is 18.8 Å². The molecule has 19 heavy (non-hydrogen) atoms. The molecular weight excluding hydrogens is 260 g/mol. The van der Waals surface area contributed by atoms with Gasteiger partial charge in [0.05, 0.1) is 18.7 Å². The normalized spacial score (nSPS) is 9.79. The summed E-state index contributed by atoms with van der Waals surface area (Å²) in [7, 11) is 0. The average molecular weight is 274 g/mol. The summed E-state index contributed by atoms with van der Waals surface area (Å²) in [6.45, 7) is 2.64. The van der Waals surface area contributed by atoms with E-state index in [1.165, 1.54) is 6.26 Å². The summed E-state index contributed by atoms with van der Waals surface area (Å²) in [5.74, 6) is 6.33. The van der Waals surface area contributed by atoms with Crippen molar-refractivity contribution in [2.75, 3.05) is 6.54 Å². The zero-order valence-electron chi connectivity index (χ0n) is 10.5. The van der Waals surface area contributed by atoms with E-state index in [0.29, 0.717) is 18.7 Å². The molecule has 2 rings (SSSR count). The monoisotopic (exact) mass is 274 g/mol. The summed E-state index contributed by atoms with van der Waals surface area (Å²) in [5.41, 5.74) is 6.78. The predicted molar refractivity (Wildman–Crippen MR) is 74.9 cm³/mol. The predicted octanol–water partition coefficient (Wildman–Crippen LogP) is 1.89. The first kappa shape index (κ1) is 13.4. The van der Waals surface area contributed by atoms with Crippen LogP contribution in [0.15, 0.2) is 28.2 Å². The molecule has 0 saturated heterocycles. The minimum atomic E-state index is -0.139. The number of hydrogen-bond acceptors (Lipinski definition) is 4. The lowest BCUT2D eigenvalue weighted by Gasteiger charge is -2.00. The lowest BCUT2D eigenvalue weighted by molar-refractivity contribution is 0.0950. The molecule has 98 valence electrons. The molecule has 0 aliphatic heterocycles. The highest BCUT2D eigenvalue weighted by atomic mass is 32.1. The van der Waals surface area contributed by atoms with E-state index in [1.807, 2.05) is 11.4 Å². The Morgan fingerprint density at radius 3 is 3.05 bits per heavy atom. The van der Waals surface area contributed by atoms with Gasteiger partial charge in [0.25, 0.3) is 5.91 Å². The zero-order chi connectivity index (χ0) is 13.7. The van der Waals surface area contributed by atoms with Gasteiger partial charge in [-0.05, 0) is 19.1 Å². The third-order valence-electron chi connectivity index (χ3n) is 2.40. The lowest BCUT2D eigenvalue weighted by Crippen LogP contribution is -2.21. The maximum Gasteiger partial charge on any atom is 0.254 e. The maximum absolute atomic E-state index is 11.8. The fourth-order valence-corrected chi connectivity index (χ4v) is 2.28. The number of aryl methyl sites for hydroxylation is 1. The highest BCUT2D eigenvalue weighted by molar-refractivity contribution is 7.10. The Morgan fingerprint density at radius 2 is 2.37 bits per heavy atom. The topological polar surface area (TPSA) is 68.3 Å². The van der Waals surface area contributed by atoms with Gasteiger partial charge in [-0.15, -0.1) is 11.3 Å². The number of thiophene rings is 1. The van der Waals surface area contributed by atoms with Crippen LogP contribution >= 0.6 is 11.3 Å². The first-order valence-corrected chi connectivity index (χ1v) is 6.66. The zero-order valence-corrected chi connectivity index (χ0v) is 11.3. The number of nitrogens with two attached hydrogens (primary N) is 1. The molecule has 0 aliphatic carbocycles. The number of rotatable bonds is 3. The van der Waals surface area contributed by atoms with Crippen molar-refractivity contribution in [1.29, 1.82) is 0 Å². The highest BCUT2D eigenvalue weighted by Crippen LogP contribution is 2.14. The molecule has 0 radical (unpaired) electrons. The highest BCUT2D eigenvalue weighted by Gasteiger charge is 2.08. The van der Waals surface area contributed by atoms with Crippen LogP contribution in [0.4, 0.5) is 0 Å². The quantitative estimate of drug-likeness (QED) is 0.840. The molecule has 1 amide bonds.